The molecule has 2 N–H and O–H groups in total. The lowest BCUT2D eigenvalue weighted by molar-refractivity contribution is -0.140. The Hall–Kier alpha value is -1.99. The van der Waals surface area contributed by atoms with Crippen LogP contribution >= 0.6 is 0 Å². The van der Waals surface area contributed by atoms with Crippen molar-refractivity contribution < 1.29 is 9.59 Å². The fourth-order valence-electron chi connectivity index (χ4n) is 3.24. The van der Waals surface area contributed by atoms with E-state index in [1.54, 1.807) is 25.2 Å². The summed E-state index contributed by atoms with van der Waals surface area (Å²) in [6.07, 6.45) is 2.36. The van der Waals surface area contributed by atoms with Crippen LogP contribution in [0.1, 0.15) is 12.1 Å². The van der Waals surface area contributed by atoms with Crippen molar-refractivity contribution in [3.05, 3.63) is 30.1 Å². The molecule has 22 heavy (non-hydrogen) atoms. The minimum atomic E-state index is -0.273. The number of hydrogen-bond acceptors (Lipinski definition) is 5. The lowest BCUT2D eigenvalue weighted by atomic mass is 9.86. The Morgan fingerprint density at radius 2 is 2.18 bits per heavy atom. The Kier molecular flexibility index (Phi) is 4.08. The first kappa shape index (κ1) is 14.9. The van der Waals surface area contributed by atoms with Crippen LogP contribution in [-0.4, -0.2) is 59.6 Å². The third-order valence-corrected chi connectivity index (χ3v) is 4.48. The first-order valence-corrected chi connectivity index (χ1v) is 7.50. The first-order chi connectivity index (χ1) is 10.6. The third-order valence-electron chi connectivity index (χ3n) is 4.48. The van der Waals surface area contributed by atoms with Gasteiger partial charge in [-0.1, -0.05) is 6.07 Å². The molecular weight excluding hydrogens is 282 g/mol. The summed E-state index contributed by atoms with van der Waals surface area (Å²) in [6.45, 7) is 1.39. The summed E-state index contributed by atoms with van der Waals surface area (Å²) in [5, 5.41) is 6.72. The number of aromatic nitrogens is 1. The van der Waals surface area contributed by atoms with E-state index in [-0.39, 0.29) is 30.1 Å². The van der Waals surface area contributed by atoms with Gasteiger partial charge in [0.25, 0.3) is 0 Å². The monoisotopic (exact) mass is 303 g/mol. The summed E-state index contributed by atoms with van der Waals surface area (Å²) in [6, 6.07) is 5.55. The van der Waals surface area contributed by atoms with Gasteiger partial charge in [-0.25, -0.2) is 4.79 Å². The average molecular weight is 303 g/mol. The number of hydrogen-bond donors (Lipinski definition) is 2. The molecule has 0 bridgehead atoms. The molecule has 0 spiro atoms. The van der Waals surface area contributed by atoms with Crippen LogP contribution in [0.15, 0.2) is 24.4 Å². The van der Waals surface area contributed by atoms with E-state index in [0.717, 1.165) is 18.7 Å². The van der Waals surface area contributed by atoms with Crippen LogP contribution in [-0.2, 0) is 11.3 Å². The number of rotatable bonds is 3. The molecular formula is C15H21N5O2. The molecule has 0 aliphatic carbocycles. The largest absolute Gasteiger partial charge is 0.327 e. The number of carbonyl (C=O) groups excluding carboxylic acids is 2. The summed E-state index contributed by atoms with van der Waals surface area (Å²) >= 11 is 0. The molecule has 2 fully saturated rings. The van der Waals surface area contributed by atoms with Crippen molar-refractivity contribution in [2.75, 3.05) is 20.6 Å². The number of amides is 3. The summed E-state index contributed by atoms with van der Waals surface area (Å²) in [4.78, 5) is 31.7. The second kappa shape index (κ2) is 6.02. The second-order valence-corrected chi connectivity index (χ2v) is 5.81. The van der Waals surface area contributed by atoms with Crippen molar-refractivity contribution >= 4 is 11.9 Å². The fraction of sp³-hybridized carbons (Fsp3) is 0.533. The molecule has 118 valence electrons. The number of urea groups is 1. The predicted octanol–water partition coefficient (Wildman–Crippen LogP) is -0.000800. The molecule has 3 heterocycles. The van der Waals surface area contributed by atoms with E-state index in [2.05, 4.69) is 15.6 Å². The summed E-state index contributed by atoms with van der Waals surface area (Å²) < 4.78 is 0. The topological polar surface area (TPSA) is 77.6 Å². The molecule has 7 nitrogen and oxygen atoms in total. The van der Waals surface area contributed by atoms with Crippen LogP contribution in [0.2, 0.25) is 0 Å². The summed E-state index contributed by atoms with van der Waals surface area (Å²) in [5.74, 6) is -0.399. The fourth-order valence-corrected chi connectivity index (χ4v) is 3.24. The molecule has 3 unspecified atom stereocenters. The van der Waals surface area contributed by atoms with Gasteiger partial charge >= 0.3 is 6.03 Å². The smallest absolute Gasteiger partial charge is 0.311 e. The van der Waals surface area contributed by atoms with Crippen LogP contribution in [0, 0.1) is 5.92 Å². The maximum Gasteiger partial charge on any atom is 0.327 e. The van der Waals surface area contributed by atoms with Crippen molar-refractivity contribution in [3.8, 4) is 0 Å². The van der Waals surface area contributed by atoms with Gasteiger partial charge in [0, 0.05) is 32.9 Å². The molecule has 0 radical (unpaired) electrons. The van der Waals surface area contributed by atoms with Crippen LogP contribution in [0.4, 0.5) is 4.79 Å². The van der Waals surface area contributed by atoms with E-state index in [9.17, 15) is 9.59 Å². The maximum absolute atomic E-state index is 12.5. The van der Waals surface area contributed by atoms with Gasteiger partial charge in [0.15, 0.2) is 0 Å². The SMILES string of the molecule is CN1C(=O)C2C(NCc3ccccn3)CCNC2N(C)C1=O. The lowest BCUT2D eigenvalue weighted by Crippen LogP contribution is -2.70. The molecule has 1 aromatic rings. The molecule has 2 aliphatic rings. The second-order valence-electron chi connectivity index (χ2n) is 5.81. The van der Waals surface area contributed by atoms with Crippen molar-refractivity contribution in [2.45, 2.75) is 25.2 Å². The van der Waals surface area contributed by atoms with E-state index < -0.39 is 0 Å². The van der Waals surface area contributed by atoms with Gasteiger partial charge < -0.3 is 10.2 Å². The minimum Gasteiger partial charge on any atom is -0.311 e. The van der Waals surface area contributed by atoms with E-state index in [1.165, 1.54) is 4.90 Å². The number of fused-ring (bicyclic) bond motifs is 1. The number of nitrogens with one attached hydrogen (secondary N) is 2. The molecule has 3 rings (SSSR count). The Balaban J connectivity index is 1.74. The van der Waals surface area contributed by atoms with E-state index in [4.69, 9.17) is 0 Å². The number of carbonyl (C=O) groups is 2. The minimum absolute atomic E-state index is 0.0266. The lowest BCUT2D eigenvalue weighted by Gasteiger charge is -2.47. The van der Waals surface area contributed by atoms with Crippen molar-refractivity contribution in [1.29, 1.82) is 0 Å². The average Bonchev–Trinajstić information content (AvgIpc) is 2.56. The van der Waals surface area contributed by atoms with E-state index in [0.29, 0.717) is 6.54 Å². The molecule has 0 saturated carbocycles. The molecule has 0 aromatic carbocycles. The van der Waals surface area contributed by atoms with Gasteiger partial charge in [-0.3, -0.25) is 20.0 Å². The maximum atomic E-state index is 12.5. The van der Waals surface area contributed by atoms with Gasteiger partial charge in [-0.15, -0.1) is 0 Å². The standard InChI is InChI=1S/C15H21N5O2/c1-19-13-12(14(21)20(2)15(19)22)11(6-8-17-13)18-9-10-5-3-4-7-16-10/h3-5,7,11-13,17-18H,6,8-9H2,1-2H3. The van der Waals surface area contributed by atoms with E-state index in [1.807, 2.05) is 18.2 Å². The van der Waals surface area contributed by atoms with Crippen LogP contribution in [0.3, 0.4) is 0 Å². The van der Waals surface area contributed by atoms with Crippen molar-refractivity contribution in [1.82, 2.24) is 25.4 Å². The van der Waals surface area contributed by atoms with Crippen LogP contribution in [0.5, 0.6) is 0 Å². The molecule has 3 amide bonds. The highest BCUT2D eigenvalue weighted by Crippen LogP contribution is 2.26. The Morgan fingerprint density at radius 3 is 2.91 bits per heavy atom. The number of pyridine rings is 1. The predicted molar refractivity (Wildman–Crippen MR) is 80.7 cm³/mol. The molecule has 1 aromatic heterocycles. The van der Waals surface area contributed by atoms with E-state index >= 15 is 0 Å². The van der Waals surface area contributed by atoms with Gasteiger partial charge in [-0.05, 0) is 25.1 Å². The zero-order valence-corrected chi connectivity index (χ0v) is 12.8. The van der Waals surface area contributed by atoms with Gasteiger partial charge in [0.1, 0.15) is 0 Å². The molecule has 7 heteroatoms. The number of nitrogens with zero attached hydrogens (tertiary/aromatic N) is 3. The normalized spacial score (nSPS) is 28.7. The van der Waals surface area contributed by atoms with Gasteiger partial charge in [0.2, 0.25) is 5.91 Å². The molecule has 2 saturated heterocycles. The summed E-state index contributed by atoms with van der Waals surface area (Å²) in [5.41, 5.74) is 0.943. The Morgan fingerprint density at radius 1 is 1.36 bits per heavy atom. The van der Waals surface area contributed by atoms with Gasteiger partial charge in [-0.2, -0.15) is 0 Å². The zero-order valence-electron chi connectivity index (χ0n) is 12.8. The summed E-state index contributed by atoms with van der Waals surface area (Å²) in [7, 11) is 3.28. The van der Waals surface area contributed by atoms with Crippen molar-refractivity contribution in [3.63, 3.8) is 0 Å². The van der Waals surface area contributed by atoms with Crippen LogP contribution < -0.4 is 10.6 Å². The van der Waals surface area contributed by atoms with Crippen molar-refractivity contribution in [2.24, 2.45) is 5.92 Å². The molecule has 2 aliphatic heterocycles. The number of piperidine rings is 1. The highest BCUT2D eigenvalue weighted by atomic mass is 16.2. The molecule has 3 atom stereocenters. The third kappa shape index (κ3) is 2.57. The first-order valence-electron chi connectivity index (χ1n) is 7.50. The highest BCUT2D eigenvalue weighted by Gasteiger charge is 2.48. The number of imide groups is 1. The Bertz CT molecular complexity index is 564. The Labute approximate surface area is 129 Å². The zero-order chi connectivity index (χ0) is 15.7. The quantitative estimate of drug-likeness (QED) is 0.822. The highest BCUT2D eigenvalue weighted by molar-refractivity contribution is 5.98. The van der Waals surface area contributed by atoms with Crippen LogP contribution in [0.25, 0.3) is 0 Å². The van der Waals surface area contributed by atoms with Gasteiger partial charge in [0.05, 0.1) is 17.8 Å².